The molecule has 1 saturated heterocycles. The van der Waals surface area contributed by atoms with Crippen molar-refractivity contribution in [2.75, 3.05) is 12.3 Å². The van der Waals surface area contributed by atoms with Gasteiger partial charge >= 0.3 is 7.75 Å². The number of carbonyl (C=O) groups is 1. The minimum Gasteiger partial charge on any atom is -0.548 e. The molecular formula is C15H18N6O8P-. The van der Waals surface area contributed by atoms with E-state index in [1.165, 1.54) is 16.6 Å². The van der Waals surface area contributed by atoms with Crippen molar-refractivity contribution in [1.82, 2.24) is 19.7 Å². The summed E-state index contributed by atoms with van der Waals surface area (Å²) >= 11 is 0. The number of nitrogens with two attached hydrogens (primary N) is 1. The van der Waals surface area contributed by atoms with Gasteiger partial charge in [0.1, 0.15) is 24.1 Å². The molecule has 1 unspecified atom stereocenters. The molecule has 2 aromatic heterocycles. The van der Waals surface area contributed by atoms with Crippen LogP contribution in [0.5, 0.6) is 0 Å². The second-order valence-electron chi connectivity index (χ2n) is 6.60. The summed E-state index contributed by atoms with van der Waals surface area (Å²) in [5.74, 6) is -1.54. The maximum Gasteiger partial charge on any atom is 0.403 e. The minimum atomic E-state index is -4.63. The maximum atomic E-state index is 12.0. The second kappa shape index (κ2) is 7.89. The Hall–Kier alpha value is -2.63. The van der Waals surface area contributed by atoms with Gasteiger partial charge in [0.15, 0.2) is 17.5 Å². The molecular weight excluding hydrogens is 423 g/mol. The molecule has 1 aliphatic rings. The zero-order chi connectivity index (χ0) is 22.3. The number of fused-ring (bicyclic) bond motifs is 1. The number of nitrogen functional groups attached to an aromatic ring is 1. The van der Waals surface area contributed by atoms with Gasteiger partial charge in [0, 0.05) is 0 Å². The van der Waals surface area contributed by atoms with Gasteiger partial charge in [-0.3, -0.25) is 4.52 Å². The highest BCUT2D eigenvalue weighted by molar-refractivity contribution is 7.50. The number of nitrogens with one attached hydrogen (secondary N) is 1. The first-order chi connectivity index (χ1) is 14.0. The van der Waals surface area contributed by atoms with E-state index in [1.54, 1.807) is 0 Å². The molecule has 0 radical (unpaired) electrons. The lowest BCUT2D eigenvalue weighted by atomic mass is 9.79. The van der Waals surface area contributed by atoms with Crippen molar-refractivity contribution in [3.8, 4) is 6.07 Å². The molecule has 2 aromatic rings. The average molecular weight is 441 g/mol. The number of hydrogen-bond donors (Lipinski definition) is 5. The molecule has 0 saturated carbocycles. The molecule has 3 heterocycles. The number of carboxylic acids is 1. The van der Waals surface area contributed by atoms with Gasteiger partial charge in [-0.2, -0.15) is 10.4 Å². The SMILES string of the molecule is C[C@H](NP(=O)(O)OC[C@H]1O[C@@H](O)[C@@](C#N)(c2ccc3c(N)ncnn23)[C@@H]1O)C(=O)[O-]. The van der Waals surface area contributed by atoms with Crippen molar-refractivity contribution in [3.05, 3.63) is 24.2 Å². The van der Waals surface area contributed by atoms with Gasteiger partial charge in [0.2, 0.25) is 0 Å². The number of aromatic nitrogens is 3. The Bertz CT molecular complexity index is 1060. The Kier molecular flexibility index (Phi) is 5.81. The molecule has 0 aromatic carbocycles. The molecule has 0 aliphatic carbocycles. The molecule has 14 nitrogen and oxygen atoms in total. The van der Waals surface area contributed by atoms with E-state index in [0.29, 0.717) is 5.52 Å². The predicted molar refractivity (Wildman–Crippen MR) is 95.0 cm³/mol. The Balaban J connectivity index is 1.85. The van der Waals surface area contributed by atoms with Crippen LogP contribution in [0.1, 0.15) is 12.6 Å². The molecule has 1 fully saturated rings. The van der Waals surface area contributed by atoms with E-state index in [1.807, 2.05) is 11.2 Å². The summed E-state index contributed by atoms with van der Waals surface area (Å²) in [7, 11) is -4.63. The number of ether oxygens (including phenoxy) is 1. The Morgan fingerprint density at radius 1 is 1.60 bits per heavy atom. The normalized spacial score (nSPS) is 29.4. The van der Waals surface area contributed by atoms with E-state index >= 15 is 0 Å². The van der Waals surface area contributed by atoms with E-state index in [4.69, 9.17) is 15.0 Å². The van der Waals surface area contributed by atoms with E-state index in [9.17, 15) is 34.8 Å². The molecule has 0 bridgehead atoms. The molecule has 1 aliphatic heterocycles. The fourth-order valence-electron chi connectivity index (χ4n) is 3.15. The van der Waals surface area contributed by atoms with Crippen LogP contribution in [0, 0.1) is 11.3 Å². The summed E-state index contributed by atoms with van der Waals surface area (Å²) < 4.78 is 23.2. The molecule has 0 spiro atoms. The summed E-state index contributed by atoms with van der Waals surface area (Å²) in [6, 6.07) is 3.22. The lowest BCUT2D eigenvalue weighted by molar-refractivity contribution is -0.307. The number of nitriles is 1. The largest absolute Gasteiger partial charge is 0.548 e. The van der Waals surface area contributed by atoms with Crippen molar-refractivity contribution in [2.24, 2.45) is 0 Å². The van der Waals surface area contributed by atoms with Crippen LogP contribution in [0.15, 0.2) is 18.5 Å². The number of aliphatic hydroxyl groups excluding tert-OH is 2. The van der Waals surface area contributed by atoms with Gasteiger partial charge in [0.25, 0.3) is 0 Å². The lowest BCUT2D eigenvalue weighted by Gasteiger charge is -2.26. The van der Waals surface area contributed by atoms with Crippen molar-refractivity contribution in [1.29, 1.82) is 5.26 Å². The molecule has 162 valence electrons. The number of carboxylic acid groups (broad SMARTS) is 1. The summed E-state index contributed by atoms with van der Waals surface area (Å²) in [5, 5.41) is 47.5. The average Bonchev–Trinajstić information content (AvgIpc) is 3.20. The van der Waals surface area contributed by atoms with Crippen LogP contribution in [0.3, 0.4) is 0 Å². The molecule has 30 heavy (non-hydrogen) atoms. The van der Waals surface area contributed by atoms with Gasteiger partial charge in [-0.15, -0.1) is 0 Å². The lowest BCUT2D eigenvalue weighted by Crippen LogP contribution is -2.46. The van der Waals surface area contributed by atoms with Gasteiger partial charge in [-0.1, -0.05) is 0 Å². The zero-order valence-corrected chi connectivity index (χ0v) is 16.3. The number of anilines is 1. The molecule has 6 N–H and O–H groups in total. The number of aliphatic carboxylic acids is 1. The highest BCUT2D eigenvalue weighted by atomic mass is 31.2. The van der Waals surface area contributed by atoms with Crippen LogP contribution in [-0.4, -0.2) is 66.8 Å². The molecule has 0 amide bonds. The van der Waals surface area contributed by atoms with Gasteiger partial charge in [-0.25, -0.2) is 19.2 Å². The van der Waals surface area contributed by atoms with Crippen molar-refractivity contribution in [3.63, 3.8) is 0 Å². The van der Waals surface area contributed by atoms with E-state index in [2.05, 4.69) is 10.1 Å². The Morgan fingerprint density at radius 3 is 2.93 bits per heavy atom. The highest BCUT2D eigenvalue weighted by Crippen LogP contribution is 2.44. The number of rotatable bonds is 7. The van der Waals surface area contributed by atoms with Crippen LogP contribution in [0.4, 0.5) is 5.82 Å². The van der Waals surface area contributed by atoms with Gasteiger partial charge < -0.3 is 35.5 Å². The summed E-state index contributed by atoms with van der Waals surface area (Å²) in [6.07, 6.45) is -3.86. The zero-order valence-electron chi connectivity index (χ0n) is 15.4. The monoisotopic (exact) mass is 441 g/mol. The van der Waals surface area contributed by atoms with Crippen molar-refractivity contribution in [2.45, 2.75) is 36.9 Å². The maximum absolute atomic E-state index is 12.0. The standard InChI is InChI=1S/C15H19N6O8P/c1-7(13(23)24)20-30(26,27)28-4-9-11(22)15(5-16,14(25)29-9)10-3-2-8-12(17)18-6-19-21(8)10/h2-3,6-7,9,11,14,22,25H,4H2,1H3,(H,23,24)(H2,17,18,19)(H2,20,26,27)/p-1/t7-,9+,11+,14+,15-/m0/s1. The minimum absolute atomic E-state index is 0.0486. The number of nitrogens with zero attached hydrogens (tertiary/aromatic N) is 4. The summed E-state index contributed by atoms with van der Waals surface area (Å²) in [4.78, 5) is 24.2. The molecule has 6 atom stereocenters. The summed E-state index contributed by atoms with van der Waals surface area (Å²) in [6.45, 7) is 0.320. The van der Waals surface area contributed by atoms with E-state index in [0.717, 1.165) is 13.3 Å². The third-order valence-corrected chi connectivity index (χ3v) is 5.94. The third kappa shape index (κ3) is 3.64. The quantitative estimate of drug-likeness (QED) is 0.270. The first kappa shape index (κ1) is 22.1. The van der Waals surface area contributed by atoms with Crippen LogP contribution in [-0.2, 0) is 24.0 Å². The van der Waals surface area contributed by atoms with Crippen LogP contribution in [0.25, 0.3) is 5.52 Å². The first-order valence-electron chi connectivity index (χ1n) is 8.51. The van der Waals surface area contributed by atoms with Gasteiger partial charge in [0.05, 0.1) is 30.4 Å². The smallest absolute Gasteiger partial charge is 0.403 e. The topological polar surface area (TPSA) is 228 Å². The second-order valence-corrected chi connectivity index (χ2v) is 8.16. The van der Waals surface area contributed by atoms with E-state index in [-0.39, 0.29) is 11.5 Å². The van der Waals surface area contributed by atoms with E-state index < -0.39 is 50.3 Å². The predicted octanol–water partition coefficient (Wildman–Crippen LogP) is -3.00. The molecule has 3 rings (SSSR count). The fourth-order valence-corrected chi connectivity index (χ4v) is 4.17. The molecule has 15 heteroatoms. The Morgan fingerprint density at radius 2 is 2.30 bits per heavy atom. The number of carbonyl (C=O) groups excluding carboxylic acids is 1. The number of aliphatic hydroxyl groups is 2. The summed E-state index contributed by atoms with van der Waals surface area (Å²) in [5.41, 5.74) is 4.10. The Labute approximate surface area is 169 Å². The third-order valence-electron chi connectivity index (χ3n) is 4.73. The fraction of sp³-hybridized carbons (Fsp3) is 0.467. The van der Waals surface area contributed by atoms with Crippen LogP contribution < -0.4 is 15.9 Å². The first-order valence-corrected chi connectivity index (χ1v) is 10.1. The van der Waals surface area contributed by atoms with Crippen molar-refractivity contribution < 1.29 is 38.8 Å². The van der Waals surface area contributed by atoms with Crippen LogP contribution in [0.2, 0.25) is 0 Å². The van der Waals surface area contributed by atoms with Crippen molar-refractivity contribution >= 4 is 25.1 Å². The van der Waals surface area contributed by atoms with Gasteiger partial charge in [-0.05, 0) is 19.1 Å². The van der Waals surface area contributed by atoms with Crippen LogP contribution >= 0.6 is 7.75 Å². The number of hydrogen-bond acceptors (Lipinski definition) is 11. The highest BCUT2D eigenvalue weighted by Gasteiger charge is 2.59.